The average molecular weight is 347 g/mol. The lowest BCUT2D eigenvalue weighted by atomic mass is 10.1. The molecule has 1 aliphatic rings. The molecule has 1 aliphatic heterocycles. The number of piperazine rings is 1. The number of benzene rings is 1. The van der Waals surface area contributed by atoms with Gasteiger partial charge in [0.2, 0.25) is 6.41 Å². The molecule has 0 aliphatic carbocycles. The standard InChI is InChI=1S/C19H29N3O3/c1-15-16(6-5-7-17(15)20-14-23)12-21-8-10-22(11-9-21)13-18(24)25-19(2,3)4/h5-7,14H,8-13H2,1-4H3,(H,20,23). The molecule has 25 heavy (non-hydrogen) atoms. The minimum Gasteiger partial charge on any atom is -0.459 e. The predicted molar refractivity (Wildman–Crippen MR) is 98.4 cm³/mol. The molecular weight excluding hydrogens is 318 g/mol. The minimum absolute atomic E-state index is 0.163. The maximum absolute atomic E-state index is 11.9. The summed E-state index contributed by atoms with van der Waals surface area (Å²) < 4.78 is 5.39. The van der Waals surface area contributed by atoms with Gasteiger partial charge >= 0.3 is 5.97 Å². The third-order valence-electron chi connectivity index (χ3n) is 4.29. The highest BCUT2D eigenvalue weighted by molar-refractivity contribution is 5.74. The van der Waals surface area contributed by atoms with E-state index >= 15 is 0 Å². The van der Waals surface area contributed by atoms with E-state index in [4.69, 9.17) is 4.74 Å². The molecule has 0 aromatic heterocycles. The maximum atomic E-state index is 11.9. The second-order valence-corrected chi connectivity index (χ2v) is 7.49. The smallest absolute Gasteiger partial charge is 0.320 e. The fraction of sp³-hybridized carbons (Fsp3) is 0.579. The van der Waals surface area contributed by atoms with Crippen LogP contribution in [-0.2, 0) is 20.9 Å². The summed E-state index contributed by atoms with van der Waals surface area (Å²) in [6.07, 6.45) is 0.710. The number of esters is 1. The zero-order chi connectivity index (χ0) is 18.4. The predicted octanol–water partition coefficient (Wildman–Crippen LogP) is 2.02. The Morgan fingerprint density at radius 2 is 1.84 bits per heavy atom. The molecule has 1 fully saturated rings. The normalized spacial score (nSPS) is 16.5. The van der Waals surface area contributed by atoms with E-state index in [1.54, 1.807) is 0 Å². The van der Waals surface area contributed by atoms with Crippen LogP contribution in [0.2, 0.25) is 0 Å². The molecule has 0 bridgehead atoms. The van der Waals surface area contributed by atoms with Gasteiger partial charge in [-0.25, -0.2) is 0 Å². The second-order valence-electron chi connectivity index (χ2n) is 7.49. The molecule has 138 valence electrons. The number of hydrogen-bond donors (Lipinski definition) is 1. The SMILES string of the molecule is Cc1c(CN2CCN(CC(=O)OC(C)(C)C)CC2)cccc1NC=O. The summed E-state index contributed by atoms with van der Waals surface area (Å²) in [5, 5.41) is 2.74. The first-order valence-electron chi connectivity index (χ1n) is 8.74. The van der Waals surface area contributed by atoms with Crippen molar-refractivity contribution in [2.24, 2.45) is 0 Å². The molecular formula is C19H29N3O3. The van der Waals surface area contributed by atoms with Crippen molar-refractivity contribution in [3.63, 3.8) is 0 Å². The summed E-state index contributed by atoms with van der Waals surface area (Å²) in [7, 11) is 0. The molecule has 1 aromatic rings. The third-order valence-corrected chi connectivity index (χ3v) is 4.29. The number of nitrogens with one attached hydrogen (secondary N) is 1. The number of carbonyl (C=O) groups excluding carboxylic acids is 2. The van der Waals surface area contributed by atoms with E-state index in [-0.39, 0.29) is 5.97 Å². The van der Waals surface area contributed by atoms with Gasteiger partial charge < -0.3 is 10.1 Å². The molecule has 1 heterocycles. The Labute approximate surface area is 150 Å². The van der Waals surface area contributed by atoms with E-state index in [0.29, 0.717) is 13.0 Å². The lowest BCUT2D eigenvalue weighted by molar-refractivity contribution is -0.156. The van der Waals surface area contributed by atoms with Crippen LogP contribution in [0.4, 0.5) is 5.69 Å². The van der Waals surface area contributed by atoms with Crippen molar-refractivity contribution in [1.29, 1.82) is 0 Å². The van der Waals surface area contributed by atoms with Gasteiger partial charge in [0.05, 0.1) is 6.54 Å². The Bertz CT molecular complexity index is 602. The number of anilines is 1. The highest BCUT2D eigenvalue weighted by atomic mass is 16.6. The van der Waals surface area contributed by atoms with Gasteiger partial charge in [0.25, 0.3) is 0 Å². The summed E-state index contributed by atoms with van der Waals surface area (Å²) in [6, 6.07) is 5.97. The van der Waals surface area contributed by atoms with Crippen molar-refractivity contribution in [1.82, 2.24) is 9.80 Å². The number of hydrogen-bond acceptors (Lipinski definition) is 5. The molecule has 1 N–H and O–H groups in total. The third kappa shape index (κ3) is 6.14. The van der Waals surface area contributed by atoms with Gasteiger partial charge in [-0.3, -0.25) is 19.4 Å². The molecule has 0 unspecified atom stereocenters. The van der Waals surface area contributed by atoms with E-state index in [1.807, 2.05) is 39.8 Å². The largest absolute Gasteiger partial charge is 0.459 e. The Kier molecular flexibility index (Phi) is 6.56. The van der Waals surface area contributed by atoms with E-state index in [0.717, 1.165) is 44.0 Å². The average Bonchev–Trinajstić information content (AvgIpc) is 2.51. The quantitative estimate of drug-likeness (QED) is 0.630. The fourth-order valence-electron chi connectivity index (χ4n) is 2.98. The first-order chi connectivity index (χ1) is 11.8. The summed E-state index contributed by atoms with van der Waals surface area (Å²) in [5.41, 5.74) is 2.74. The van der Waals surface area contributed by atoms with E-state index in [9.17, 15) is 9.59 Å². The number of amides is 1. The van der Waals surface area contributed by atoms with Crippen LogP contribution in [0.25, 0.3) is 0 Å². The van der Waals surface area contributed by atoms with Crippen LogP contribution in [0, 0.1) is 6.92 Å². The maximum Gasteiger partial charge on any atom is 0.320 e. The van der Waals surface area contributed by atoms with E-state index < -0.39 is 5.60 Å². The molecule has 0 saturated carbocycles. The van der Waals surface area contributed by atoms with Crippen LogP contribution in [-0.4, -0.2) is 60.5 Å². The Balaban J connectivity index is 1.84. The topological polar surface area (TPSA) is 61.9 Å². The molecule has 1 amide bonds. The number of carbonyl (C=O) groups is 2. The molecule has 6 nitrogen and oxygen atoms in total. The minimum atomic E-state index is -0.434. The molecule has 2 rings (SSSR count). The zero-order valence-corrected chi connectivity index (χ0v) is 15.7. The first kappa shape index (κ1) is 19.4. The van der Waals surface area contributed by atoms with Crippen LogP contribution in [0.5, 0.6) is 0 Å². The number of rotatable bonds is 6. The summed E-state index contributed by atoms with van der Waals surface area (Å²) >= 11 is 0. The van der Waals surface area contributed by atoms with Crippen LogP contribution in [0.3, 0.4) is 0 Å². The van der Waals surface area contributed by atoms with Crippen molar-refractivity contribution in [3.8, 4) is 0 Å². The summed E-state index contributed by atoms with van der Waals surface area (Å²) in [6.45, 7) is 12.4. The molecule has 1 saturated heterocycles. The zero-order valence-electron chi connectivity index (χ0n) is 15.7. The first-order valence-corrected chi connectivity index (χ1v) is 8.74. The van der Waals surface area contributed by atoms with Crippen molar-refractivity contribution < 1.29 is 14.3 Å². The van der Waals surface area contributed by atoms with Gasteiger partial charge in [0, 0.05) is 38.4 Å². The number of ether oxygens (including phenoxy) is 1. The lowest BCUT2D eigenvalue weighted by Crippen LogP contribution is -2.48. The molecule has 0 radical (unpaired) electrons. The van der Waals surface area contributed by atoms with Crippen LogP contribution in [0.1, 0.15) is 31.9 Å². The van der Waals surface area contributed by atoms with E-state index in [1.165, 1.54) is 5.56 Å². The monoisotopic (exact) mass is 347 g/mol. The van der Waals surface area contributed by atoms with Crippen molar-refractivity contribution in [2.75, 3.05) is 38.0 Å². The Hall–Kier alpha value is -1.92. The molecule has 6 heteroatoms. The van der Waals surface area contributed by atoms with Gasteiger partial charge in [-0.1, -0.05) is 12.1 Å². The molecule has 0 spiro atoms. The van der Waals surface area contributed by atoms with Gasteiger partial charge in [0.15, 0.2) is 0 Å². The van der Waals surface area contributed by atoms with Gasteiger partial charge in [-0.2, -0.15) is 0 Å². The van der Waals surface area contributed by atoms with Gasteiger partial charge in [0.1, 0.15) is 5.60 Å². The summed E-state index contributed by atoms with van der Waals surface area (Å²) in [4.78, 5) is 27.1. The Morgan fingerprint density at radius 1 is 1.20 bits per heavy atom. The van der Waals surface area contributed by atoms with Crippen LogP contribution >= 0.6 is 0 Å². The van der Waals surface area contributed by atoms with Crippen LogP contribution in [0.15, 0.2) is 18.2 Å². The molecule has 0 atom stereocenters. The fourth-order valence-corrected chi connectivity index (χ4v) is 2.98. The Morgan fingerprint density at radius 3 is 2.44 bits per heavy atom. The second kappa shape index (κ2) is 8.45. The van der Waals surface area contributed by atoms with Gasteiger partial charge in [-0.15, -0.1) is 0 Å². The van der Waals surface area contributed by atoms with Crippen LogP contribution < -0.4 is 5.32 Å². The van der Waals surface area contributed by atoms with Gasteiger partial charge in [-0.05, 0) is 44.9 Å². The highest BCUT2D eigenvalue weighted by Crippen LogP contribution is 2.20. The van der Waals surface area contributed by atoms with E-state index in [2.05, 4.69) is 21.2 Å². The van der Waals surface area contributed by atoms with Crippen molar-refractivity contribution in [3.05, 3.63) is 29.3 Å². The van der Waals surface area contributed by atoms with Crippen molar-refractivity contribution >= 4 is 18.1 Å². The lowest BCUT2D eigenvalue weighted by Gasteiger charge is -2.35. The number of nitrogens with zero attached hydrogens (tertiary/aromatic N) is 2. The highest BCUT2D eigenvalue weighted by Gasteiger charge is 2.22. The summed E-state index contributed by atoms with van der Waals surface area (Å²) in [5.74, 6) is -0.163. The van der Waals surface area contributed by atoms with Crippen molar-refractivity contribution in [2.45, 2.75) is 39.8 Å². The molecule has 1 aromatic carbocycles.